The molecule has 0 spiro atoms. The lowest BCUT2D eigenvalue weighted by molar-refractivity contribution is -0.136. The monoisotopic (exact) mass is 290 g/mol. The lowest BCUT2D eigenvalue weighted by atomic mass is 10.1. The van der Waals surface area contributed by atoms with Crippen LogP contribution in [0.25, 0.3) is 0 Å². The molecule has 0 amide bonds. The number of rotatable bonds is 6. The summed E-state index contributed by atoms with van der Waals surface area (Å²) in [5, 5.41) is 8.70. The molecule has 1 N–H and O–H groups in total. The van der Waals surface area contributed by atoms with Crippen molar-refractivity contribution < 1.29 is 14.3 Å². The first-order valence-corrected chi connectivity index (χ1v) is 7.33. The Morgan fingerprint density at radius 3 is 2.40 bits per heavy atom. The van der Waals surface area contributed by atoms with Gasteiger partial charge in [-0.3, -0.25) is 4.79 Å². The second-order valence-corrected chi connectivity index (χ2v) is 5.61. The molecule has 0 radical (unpaired) electrons. The van der Waals surface area contributed by atoms with Gasteiger partial charge in [0.2, 0.25) is 0 Å². The van der Waals surface area contributed by atoms with Gasteiger partial charge in [-0.2, -0.15) is 0 Å². The van der Waals surface area contributed by atoms with E-state index in [0.29, 0.717) is 17.7 Å². The van der Waals surface area contributed by atoms with Crippen molar-refractivity contribution in [2.75, 3.05) is 0 Å². The molecule has 0 aliphatic carbocycles. The maximum atomic E-state index is 13.5. The fourth-order valence-electron chi connectivity index (χ4n) is 1.85. The van der Waals surface area contributed by atoms with E-state index in [2.05, 4.69) is 0 Å². The standard InChI is InChI=1S/C16H15FO2S/c17-14-9-5-4-8-13(14)11-20-15(16(18)19)10-12-6-2-1-3-7-12/h1-9,15H,10-11H2,(H,18,19). The minimum absolute atomic E-state index is 0.288. The number of aliphatic carboxylic acids is 1. The van der Waals surface area contributed by atoms with Gasteiger partial charge in [0.25, 0.3) is 0 Å². The van der Waals surface area contributed by atoms with Gasteiger partial charge in [0.1, 0.15) is 11.1 Å². The van der Waals surface area contributed by atoms with Crippen molar-refractivity contribution in [1.29, 1.82) is 0 Å². The number of benzene rings is 2. The molecule has 0 saturated heterocycles. The molecule has 0 bridgehead atoms. The van der Waals surface area contributed by atoms with Crippen molar-refractivity contribution in [2.45, 2.75) is 17.4 Å². The van der Waals surface area contributed by atoms with Gasteiger partial charge in [-0.05, 0) is 23.6 Å². The lowest BCUT2D eigenvalue weighted by Gasteiger charge is -2.12. The van der Waals surface area contributed by atoms with Gasteiger partial charge in [-0.1, -0.05) is 48.5 Å². The zero-order chi connectivity index (χ0) is 14.4. The average Bonchev–Trinajstić information content (AvgIpc) is 2.46. The molecule has 1 unspecified atom stereocenters. The molecule has 0 heterocycles. The van der Waals surface area contributed by atoms with E-state index in [1.165, 1.54) is 17.8 Å². The van der Waals surface area contributed by atoms with Crippen molar-refractivity contribution in [3.8, 4) is 0 Å². The Bertz CT molecular complexity index is 572. The van der Waals surface area contributed by atoms with Crippen LogP contribution in [0.1, 0.15) is 11.1 Å². The Labute approximate surface area is 121 Å². The van der Waals surface area contributed by atoms with E-state index in [0.717, 1.165) is 5.56 Å². The molecular weight excluding hydrogens is 275 g/mol. The highest BCUT2D eigenvalue weighted by atomic mass is 32.2. The molecule has 0 fully saturated rings. The lowest BCUT2D eigenvalue weighted by Crippen LogP contribution is -2.19. The predicted molar refractivity (Wildman–Crippen MR) is 79.3 cm³/mol. The van der Waals surface area contributed by atoms with Crippen LogP contribution in [0.5, 0.6) is 0 Å². The topological polar surface area (TPSA) is 37.3 Å². The average molecular weight is 290 g/mol. The molecule has 104 valence electrons. The maximum Gasteiger partial charge on any atom is 0.316 e. The van der Waals surface area contributed by atoms with Gasteiger partial charge >= 0.3 is 5.97 Å². The Morgan fingerprint density at radius 2 is 1.75 bits per heavy atom. The van der Waals surface area contributed by atoms with E-state index in [4.69, 9.17) is 0 Å². The largest absolute Gasteiger partial charge is 0.480 e. The number of halogens is 1. The number of hydrogen-bond donors (Lipinski definition) is 1. The van der Waals surface area contributed by atoms with Crippen LogP contribution >= 0.6 is 11.8 Å². The van der Waals surface area contributed by atoms with E-state index in [9.17, 15) is 14.3 Å². The summed E-state index contributed by atoms with van der Waals surface area (Å²) in [5.41, 5.74) is 1.51. The first kappa shape index (κ1) is 14.6. The van der Waals surface area contributed by atoms with Gasteiger partial charge in [-0.25, -0.2) is 4.39 Å². The van der Waals surface area contributed by atoms with Crippen molar-refractivity contribution in [3.63, 3.8) is 0 Å². The van der Waals surface area contributed by atoms with Gasteiger partial charge < -0.3 is 5.11 Å². The Kier molecular flexibility index (Phi) is 5.18. The molecule has 0 saturated carbocycles. The molecule has 20 heavy (non-hydrogen) atoms. The summed E-state index contributed by atoms with van der Waals surface area (Å²) >= 11 is 1.25. The zero-order valence-corrected chi connectivity index (χ0v) is 11.6. The summed E-state index contributed by atoms with van der Waals surface area (Å²) in [7, 11) is 0. The summed E-state index contributed by atoms with van der Waals surface area (Å²) < 4.78 is 13.5. The number of thioether (sulfide) groups is 1. The predicted octanol–water partition coefficient (Wildman–Crippen LogP) is 3.75. The quantitative estimate of drug-likeness (QED) is 0.880. The molecule has 2 aromatic carbocycles. The fourth-order valence-corrected chi connectivity index (χ4v) is 2.92. The third-order valence-electron chi connectivity index (χ3n) is 2.94. The summed E-state index contributed by atoms with van der Waals surface area (Å²) in [6, 6.07) is 15.9. The Morgan fingerprint density at radius 1 is 1.10 bits per heavy atom. The first-order valence-electron chi connectivity index (χ1n) is 6.28. The molecule has 0 aliphatic rings. The van der Waals surface area contributed by atoms with Crippen LogP contribution in [0.15, 0.2) is 54.6 Å². The van der Waals surface area contributed by atoms with Gasteiger partial charge in [0.15, 0.2) is 0 Å². The molecule has 1 atom stereocenters. The minimum atomic E-state index is -0.866. The summed E-state index contributed by atoms with van der Waals surface area (Å²) in [4.78, 5) is 11.3. The summed E-state index contributed by atoms with van der Waals surface area (Å²) in [5.74, 6) is -0.796. The van der Waals surface area contributed by atoms with Crippen molar-refractivity contribution >= 4 is 17.7 Å². The van der Waals surface area contributed by atoms with Crippen LogP contribution in [0.4, 0.5) is 4.39 Å². The number of hydrogen-bond acceptors (Lipinski definition) is 2. The Hall–Kier alpha value is -1.81. The van der Waals surface area contributed by atoms with Crippen LogP contribution in [0, 0.1) is 5.82 Å². The Balaban J connectivity index is 2.00. The number of carbonyl (C=O) groups is 1. The van der Waals surface area contributed by atoms with E-state index in [1.54, 1.807) is 18.2 Å². The van der Waals surface area contributed by atoms with E-state index in [-0.39, 0.29) is 5.82 Å². The van der Waals surface area contributed by atoms with E-state index in [1.807, 2.05) is 30.3 Å². The maximum absolute atomic E-state index is 13.5. The molecule has 4 heteroatoms. The third kappa shape index (κ3) is 4.10. The number of carboxylic acid groups (broad SMARTS) is 1. The molecule has 0 aliphatic heterocycles. The third-order valence-corrected chi connectivity index (χ3v) is 4.19. The second-order valence-electron chi connectivity index (χ2n) is 4.42. The van der Waals surface area contributed by atoms with Crippen molar-refractivity contribution in [1.82, 2.24) is 0 Å². The second kappa shape index (κ2) is 7.10. The normalized spacial score (nSPS) is 12.1. The van der Waals surface area contributed by atoms with Crippen LogP contribution in [0.3, 0.4) is 0 Å². The van der Waals surface area contributed by atoms with Gasteiger partial charge in [-0.15, -0.1) is 11.8 Å². The summed E-state index contributed by atoms with van der Waals surface area (Å²) in [6.07, 6.45) is 0.440. The van der Waals surface area contributed by atoms with Gasteiger partial charge in [0.05, 0.1) is 0 Å². The highest BCUT2D eigenvalue weighted by molar-refractivity contribution is 7.99. The minimum Gasteiger partial charge on any atom is -0.480 e. The molecule has 2 rings (SSSR count). The van der Waals surface area contributed by atoms with Crippen LogP contribution in [-0.4, -0.2) is 16.3 Å². The van der Waals surface area contributed by atoms with Gasteiger partial charge in [0, 0.05) is 5.75 Å². The SMILES string of the molecule is O=C(O)C(Cc1ccccc1)SCc1ccccc1F. The number of carboxylic acids is 1. The molecule has 2 nitrogen and oxygen atoms in total. The van der Waals surface area contributed by atoms with E-state index < -0.39 is 11.2 Å². The smallest absolute Gasteiger partial charge is 0.316 e. The fraction of sp³-hybridized carbons (Fsp3) is 0.188. The molecular formula is C16H15FO2S. The van der Waals surface area contributed by atoms with Crippen LogP contribution in [0.2, 0.25) is 0 Å². The highest BCUT2D eigenvalue weighted by Gasteiger charge is 2.19. The first-order chi connectivity index (χ1) is 9.66. The molecule has 2 aromatic rings. The van der Waals surface area contributed by atoms with E-state index >= 15 is 0 Å². The van der Waals surface area contributed by atoms with Crippen LogP contribution < -0.4 is 0 Å². The van der Waals surface area contributed by atoms with Crippen molar-refractivity contribution in [2.24, 2.45) is 0 Å². The van der Waals surface area contributed by atoms with Crippen LogP contribution in [-0.2, 0) is 17.0 Å². The van der Waals surface area contributed by atoms with Crippen molar-refractivity contribution in [3.05, 3.63) is 71.5 Å². The summed E-state index contributed by atoms with van der Waals surface area (Å²) in [6.45, 7) is 0. The molecule has 0 aromatic heterocycles. The highest BCUT2D eigenvalue weighted by Crippen LogP contribution is 2.23. The zero-order valence-electron chi connectivity index (χ0n) is 10.8.